The molecular weight excluding hydrogens is 118 g/mol. The van der Waals surface area contributed by atoms with Gasteiger partial charge in [-0.25, -0.2) is 9.76 Å². The summed E-state index contributed by atoms with van der Waals surface area (Å²) in [6, 6.07) is 0. The molecule has 0 amide bonds. The van der Waals surface area contributed by atoms with E-state index in [0.29, 0.717) is 0 Å². The van der Waals surface area contributed by atoms with E-state index in [4.69, 9.17) is 0 Å². The van der Waals surface area contributed by atoms with E-state index in [0.717, 1.165) is 10.7 Å². The van der Waals surface area contributed by atoms with Crippen molar-refractivity contribution in [3.05, 3.63) is 0 Å². The van der Waals surface area contributed by atoms with Crippen molar-refractivity contribution in [1.82, 2.24) is 5.48 Å². The Morgan fingerprint density at radius 1 is 2.00 bits per heavy atom. The smallest absolute Gasteiger partial charge is 0.114 e. The SMILES string of the molecule is S=C1CSON1. The molecule has 2 nitrogen and oxygen atoms in total. The Morgan fingerprint density at radius 2 is 2.83 bits per heavy atom. The summed E-state index contributed by atoms with van der Waals surface area (Å²) in [7, 11) is 0. The van der Waals surface area contributed by atoms with E-state index in [9.17, 15) is 0 Å². The van der Waals surface area contributed by atoms with Crippen molar-refractivity contribution in [1.29, 1.82) is 0 Å². The Kier molecular flexibility index (Phi) is 1.29. The van der Waals surface area contributed by atoms with E-state index in [-0.39, 0.29) is 0 Å². The number of hydrogen-bond donors (Lipinski definition) is 1. The lowest BCUT2D eigenvalue weighted by atomic mass is 10.8. The molecule has 1 N–H and O–H groups in total. The zero-order valence-electron chi connectivity index (χ0n) is 2.93. The van der Waals surface area contributed by atoms with Crippen LogP contribution >= 0.6 is 24.3 Å². The normalized spacial score (nSPS) is 21.0. The minimum atomic E-state index is 0.778. The Hall–Kier alpha value is 0.200. The van der Waals surface area contributed by atoms with Crippen LogP contribution in [-0.4, -0.2) is 10.7 Å². The van der Waals surface area contributed by atoms with Crippen molar-refractivity contribution in [3.8, 4) is 0 Å². The highest BCUT2D eigenvalue weighted by atomic mass is 32.2. The van der Waals surface area contributed by atoms with Crippen LogP contribution in [0.4, 0.5) is 0 Å². The van der Waals surface area contributed by atoms with E-state index in [1.54, 1.807) is 0 Å². The minimum Gasteiger partial charge on any atom is -0.246 e. The van der Waals surface area contributed by atoms with Crippen LogP contribution in [0.2, 0.25) is 0 Å². The van der Waals surface area contributed by atoms with Crippen LogP contribution in [0.25, 0.3) is 0 Å². The first kappa shape index (κ1) is 4.36. The highest BCUT2D eigenvalue weighted by Gasteiger charge is 2.03. The zero-order valence-corrected chi connectivity index (χ0v) is 4.56. The van der Waals surface area contributed by atoms with E-state index in [2.05, 4.69) is 22.0 Å². The molecule has 4 heteroatoms. The minimum absolute atomic E-state index is 0.778. The summed E-state index contributed by atoms with van der Waals surface area (Å²) in [5, 5.41) is 0. The Bertz CT molecular complexity index is 65.9. The van der Waals surface area contributed by atoms with Gasteiger partial charge in [0.25, 0.3) is 0 Å². The van der Waals surface area contributed by atoms with Gasteiger partial charge in [0.05, 0.1) is 5.75 Å². The zero-order chi connectivity index (χ0) is 4.41. The van der Waals surface area contributed by atoms with Gasteiger partial charge in [0.2, 0.25) is 0 Å². The van der Waals surface area contributed by atoms with Gasteiger partial charge < -0.3 is 0 Å². The lowest BCUT2D eigenvalue weighted by Gasteiger charge is -1.81. The lowest BCUT2D eigenvalue weighted by Crippen LogP contribution is -2.10. The predicted octanol–water partition coefficient (Wildman–Crippen LogP) is 0.497. The van der Waals surface area contributed by atoms with E-state index < -0.39 is 0 Å². The van der Waals surface area contributed by atoms with Crippen LogP contribution in [0.15, 0.2) is 0 Å². The van der Waals surface area contributed by atoms with Crippen molar-refractivity contribution >= 4 is 29.2 Å². The Labute approximate surface area is 45.4 Å². The summed E-state index contributed by atoms with van der Waals surface area (Å²) in [6.45, 7) is 0. The molecular formula is C2H3NOS2. The van der Waals surface area contributed by atoms with E-state index >= 15 is 0 Å². The van der Waals surface area contributed by atoms with Gasteiger partial charge >= 0.3 is 0 Å². The molecule has 1 rings (SSSR count). The molecule has 0 atom stereocenters. The van der Waals surface area contributed by atoms with Crippen LogP contribution in [0, 0.1) is 0 Å². The van der Waals surface area contributed by atoms with Gasteiger partial charge in [-0.1, -0.05) is 12.2 Å². The molecule has 0 saturated carbocycles. The third-order valence-electron chi connectivity index (χ3n) is 0.404. The third kappa shape index (κ3) is 0.830. The molecule has 0 unspecified atom stereocenters. The van der Waals surface area contributed by atoms with Gasteiger partial charge in [0.1, 0.15) is 4.99 Å². The summed E-state index contributed by atoms with van der Waals surface area (Å²) in [5.41, 5.74) is 2.51. The highest BCUT2D eigenvalue weighted by Crippen LogP contribution is 2.05. The standard InChI is InChI=1S/C2H3NOS2/c5-2-1-6-4-3-2/h1H2,(H,3,5). The summed E-state index contributed by atoms with van der Waals surface area (Å²) in [6.07, 6.45) is 0. The molecule has 0 aromatic heterocycles. The lowest BCUT2D eigenvalue weighted by molar-refractivity contribution is 0.332. The molecule has 0 radical (unpaired) electrons. The van der Waals surface area contributed by atoms with Crippen LogP contribution in [-0.2, 0) is 4.28 Å². The predicted molar refractivity (Wildman–Crippen MR) is 29.3 cm³/mol. The molecule has 0 aliphatic carbocycles. The first-order valence-corrected chi connectivity index (χ1v) is 2.79. The van der Waals surface area contributed by atoms with Gasteiger partial charge in [-0.2, -0.15) is 0 Å². The van der Waals surface area contributed by atoms with Gasteiger partial charge in [-0.15, -0.1) is 0 Å². The summed E-state index contributed by atoms with van der Waals surface area (Å²) in [4.78, 5) is 0.778. The Morgan fingerprint density at radius 3 is 3.00 bits per heavy atom. The molecule has 1 aliphatic rings. The fourth-order valence-corrected chi connectivity index (χ4v) is 0.812. The first-order valence-electron chi connectivity index (χ1n) is 1.47. The second-order valence-corrected chi connectivity index (χ2v) is 2.05. The molecule has 1 fully saturated rings. The van der Waals surface area contributed by atoms with Crippen LogP contribution in [0.5, 0.6) is 0 Å². The fraction of sp³-hybridized carbons (Fsp3) is 0.500. The number of hydrogen-bond acceptors (Lipinski definition) is 3. The molecule has 1 aliphatic heterocycles. The number of nitrogens with one attached hydrogen (secondary N) is 1. The van der Waals surface area contributed by atoms with Crippen molar-refractivity contribution in [2.24, 2.45) is 0 Å². The second kappa shape index (κ2) is 1.77. The maximum atomic E-state index is 4.66. The average molecular weight is 121 g/mol. The number of hydroxylamine groups is 1. The molecule has 0 aromatic rings. The molecule has 0 bridgehead atoms. The van der Waals surface area contributed by atoms with Crippen molar-refractivity contribution in [2.45, 2.75) is 0 Å². The highest BCUT2D eigenvalue weighted by molar-refractivity contribution is 7.97. The summed E-state index contributed by atoms with van der Waals surface area (Å²) < 4.78 is 4.58. The average Bonchev–Trinajstić information content (AvgIpc) is 1.86. The summed E-state index contributed by atoms with van der Waals surface area (Å²) in [5.74, 6) is 0.801. The van der Waals surface area contributed by atoms with Crippen LogP contribution < -0.4 is 5.48 Å². The molecule has 1 saturated heterocycles. The fourth-order valence-electron chi connectivity index (χ4n) is 0.188. The van der Waals surface area contributed by atoms with Gasteiger partial charge in [0, 0.05) is 12.0 Å². The van der Waals surface area contributed by atoms with Crippen LogP contribution in [0.3, 0.4) is 0 Å². The number of rotatable bonds is 0. The van der Waals surface area contributed by atoms with Crippen molar-refractivity contribution < 1.29 is 4.28 Å². The largest absolute Gasteiger partial charge is 0.246 e. The monoisotopic (exact) mass is 121 g/mol. The van der Waals surface area contributed by atoms with Crippen LogP contribution in [0.1, 0.15) is 0 Å². The van der Waals surface area contributed by atoms with Crippen molar-refractivity contribution in [2.75, 3.05) is 5.75 Å². The molecule has 6 heavy (non-hydrogen) atoms. The molecule has 1 heterocycles. The Balaban J connectivity index is 2.37. The first-order chi connectivity index (χ1) is 2.89. The van der Waals surface area contributed by atoms with E-state index in [1.807, 2.05) is 0 Å². The quantitative estimate of drug-likeness (QED) is 0.372. The van der Waals surface area contributed by atoms with Gasteiger partial charge in [-0.05, 0) is 0 Å². The molecule has 0 spiro atoms. The van der Waals surface area contributed by atoms with Gasteiger partial charge in [0.15, 0.2) is 0 Å². The third-order valence-corrected chi connectivity index (χ3v) is 1.42. The molecule has 0 aromatic carbocycles. The van der Waals surface area contributed by atoms with E-state index in [1.165, 1.54) is 12.0 Å². The number of thiocarbonyl (C=S) groups is 1. The topological polar surface area (TPSA) is 21.3 Å². The van der Waals surface area contributed by atoms with Crippen molar-refractivity contribution in [3.63, 3.8) is 0 Å². The maximum Gasteiger partial charge on any atom is 0.114 e. The second-order valence-electron chi connectivity index (χ2n) is 0.871. The maximum absolute atomic E-state index is 4.66. The summed E-state index contributed by atoms with van der Waals surface area (Å²) >= 11 is 5.99. The molecule has 34 valence electrons. The van der Waals surface area contributed by atoms with Gasteiger partial charge in [-0.3, -0.25) is 0 Å².